The van der Waals surface area contributed by atoms with Gasteiger partial charge in [0.2, 0.25) is 0 Å². The molecular formula is C16H24ClN3S. The third-order valence-electron chi connectivity index (χ3n) is 3.82. The molecule has 0 radical (unpaired) electrons. The first-order valence-electron chi connectivity index (χ1n) is 7.58. The Balaban J connectivity index is 1.73. The number of halogens is 1. The van der Waals surface area contributed by atoms with Crippen LogP contribution in [0.4, 0.5) is 5.69 Å². The minimum absolute atomic E-state index is 0.753. The molecule has 1 fully saturated rings. The molecule has 1 aromatic carbocycles. The molecule has 0 heterocycles. The van der Waals surface area contributed by atoms with Crippen LogP contribution in [0.15, 0.2) is 23.2 Å². The van der Waals surface area contributed by atoms with Crippen LogP contribution < -0.4 is 4.72 Å². The Kier molecular flexibility index (Phi) is 6.87. The van der Waals surface area contributed by atoms with Gasteiger partial charge in [-0.15, -0.1) is 0 Å². The summed E-state index contributed by atoms with van der Waals surface area (Å²) in [5, 5.41) is 0.753. The second-order valence-electron chi connectivity index (χ2n) is 5.67. The van der Waals surface area contributed by atoms with Crippen molar-refractivity contribution in [1.29, 1.82) is 0 Å². The summed E-state index contributed by atoms with van der Waals surface area (Å²) in [4.78, 5) is 4.49. The van der Waals surface area contributed by atoms with Crippen LogP contribution in [-0.2, 0) is 0 Å². The molecule has 21 heavy (non-hydrogen) atoms. The summed E-state index contributed by atoms with van der Waals surface area (Å²) in [6, 6.07) is 5.75. The van der Waals surface area contributed by atoms with Gasteiger partial charge in [0.05, 0.1) is 5.69 Å². The van der Waals surface area contributed by atoms with E-state index < -0.39 is 0 Å². The topological polar surface area (TPSA) is 27.6 Å². The first-order chi connectivity index (χ1) is 10.1. The van der Waals surface area contributed by atoms with Gasteiger partial charge < -0.3 is 0 Å². The van der Waals surface area contributed by atoms with Crippen LogP contribution in [0, 0.1) is 12.8 Å². The van der Waals surface area contributed by atoms with E-state index in [1.165, 1.54) is 32.1 Å². The van der Waals surface area contributed by atoms with Crippen molar-refractivity contribution in [3.8, 4) is 0 Å². The smallest absolute Gasteiger partial charge is 0.102 e. The molecule has 2 rings (SSSR count). The lowest BCUT2D eigenvalue weighted by atomic mass is 9.90. The highest BCUT2D eigenvalue weighted by Gasteiger charge is 2.12. The lowest BCUT2D eigenvalue weighted by Crippen LogP contribution is -2.23. The lowest BCUT2D eigenvalue weighted by molar-refractivity contribution is 0.359. The Morgan fingerprint density at radius 1 is 1.38 bits per heavy atom. The van der Waals surface area contributed by atoms with Crippen molar-refractivity contribution in [2.45, 2.75) is 39.0 Å². The normalized spacial score (nSPS) is 16.5. The molecular weight excluding hydrogens is 302 g/mol. The van der Waals surface area contributed by atoms with Crippen molar-refractivity contribution in [2.24, 2.45) is 10.9 Å². The number of aryl methyl sites for hydroxylation is 1. The summed E-state index contributed by atoms with van der Waals surface area (Å²) >= 11 is 7.55. The fraction of sp³-hybridized carbons (Fsp3) is 0.562. The molecule has 1 aliphatic rings. The maximum absolute atomic E-state index is 5.95. The molecule has 0 amide bonds. The zero-order chi connectivity index (χ0) is 15.1. The van der Waals surface area contributed by atoms with Crippen LogP contribution in [0.2, 0.25) is 5.02 Å². The monoisotopic (exact) mass is 325 g/mol. The van der Waals surface area contributed by atoms with Gasteiger partial charge in [-0.2, -0.15) is 0 Å². The van der Waals surface area contributed by atoms with Gasteiger partial charge in [0.25, 0.3) is 0 Å². The zero-order valence-electron chi connectivity index (χ0n) is 12.8. The highest BCUT2D eigenvalue weighted by molar-refractivity contribution is 7.95. The summed E-state index contributed by atoms with van der Waals surface area (Å²) in [6.45, 7) is 3.11. The van der Waals surface area contributed by atoms with E-state index in [2.05, 4.69) is 9.71 Å². The Morgan fingerprint density at radius 3 is 2.86 bits per heavy atom. The first-order valence-corrected chi connectivity index (χ1v) is 8.73. The minimum atomic E-state index is 0.753. The number of aliphatic imine (C=N–C) groups is 1. The van der Waals surface area contributed by atoms with Crippen molar-refractivity contribution >= 4 is 35.8 Å². The largest absolute Gasteiger partial charge is 0.297 e. The standard InChI is InChI=1S/C16H24ClN3S/c1-13-10-15(17)8-9-16(13)18-12-20(2)21-19-11-14-6-4-3-5-7-14/h8-10,12,14,19H,3-7,11H2,1-2H3. The summed E-state index contributed by atoms with van der Waals surface area (Å²) in [5.74, 6) is 0.843. The zero-order valence-corrected chi connectivity index (χ0v) is 14.4. The molecule has 0 atom stereocenters. The second-order valence-corrected chi connectivity index (χ2v) is 7.15. The van der Waals surface area contributed by atoms with E-state index in [1.54, 1.807) is 12.1 Å². The molecule has 0 aliphatic heterocycles. The van der Waals surface area contributed by atoms with Crippen molar-refractivity contribution in [3.05, 3.63) is 28.8 Å². The van der Waals surface area contributed by atoms with Crippen LogP contribution >= 0.6 is 23.7 Å². The van der Waals surface area contributed by atoms with Gasteiger partial charge >= 0.3 is 0 Å². The van der Waals surface area contributed by atoms with E-state index in [1.807, 2.05) is 42.8 Å². The van der Waals surface area contributed by atoms with Gasteiger partial charge in [0, 0.05) is 30.7 Å². The number of hydrogen-bond acceptors (Lipinski definition) is 3. The Hall–Kier alpha value is -0.710. The summed E-state index contributed by atoms with van der Waals surface area (Å²) in [5.41, 5.74) is 2.05. The number of hydrogen-bond donors (Lipinski definition) is 1. The second kappa shape index (κ2) is 8.66. The van der Waals surface area contributed by atoms with Gasteiger partial charge in [-0.1, -0.05) is 30.9 Å². The summed E-state index contributed by atoms with van der Waals surface area (Å²) in [7, 11) is 2.01. The predicted molar refractivity (Wildman–Crippen MR) is 94.3 cm³/mol. The van der Waals surface area contributed by atoms with E-state index in [0.29, 0.717) is 0 Å². The predicted octanol–water partition coefficient (Wildman–Crippen LogP) is 4.97. The number of nitrogens with zero attached hydrogens (tertiary/aromatic N) is 2. The van der Waals surface area contributed by atoms with E-state index in [-0.39, 0.29) is 0 Å². The van der Waals surface area contributed by atoms with E-state index in [9.17, 15) is 0 Å². The number of rotatable bonds is 6. The van der Waals surface area contributed by atoms with Crippen molar-refractivity contribution < 1.29 is 0 Å². The third-order valence-corrected chi connectivity index (χ3v) is 4.74. The quantitative estimate of drug-likeness (QED) is 0.454. The molecule has 1 saturated carbocycles. The molecule has 0 bridgehead atoms. The molecule has 3 nitrogen and oxygen atoms in total. The van der Waals surface area contributed by atoms with E-state index in [0.717, 1.165) is 28.7 Å². The van der Waals surface area contributed by atoms with Crippen molar-refractivity contribution in [3.63, 3.8) is 0 Å². The molecule has 0 saturated heterocycles. The molecule has 0 unspecified atom stereocenters. The molecule has 0 spiro atoms. The van der Waals surface area contributed by atoms with Crippen LogP contribution in [0.25, 0.3) is 0 Å². The third kappa shape index (κ3) is 5.89. The average Bonchev–Trinajstić information content (AvgIpc) is 2.47. The molecule has 1 aromatic rings. The minimum Gasteiger partial charge on any atom is -0.297 e. The molecule has 1 N–H and O–H groups in total. The van der Waals surface area contributed by atoms with Gasteiger partial charge in [0.1, 0.15) is 6.34 Å². The lowest BCUT2D eigenvalue weighted by Gasteiger charge is -2.22. The van der Waals surface area contributed by atoms with Crippen LogP contribution in [0.5, 0.6) is 0 Å². The molecule has 116 valence electrons. The van der Waals surface area contributed by atoms with Crippen LogP contribution in [0.1, 0.15) is 37.7 Å². The first kappa shape index (κ1) is 16.7. The average molecular weight is 326 g/mol. The highest BCUT2D eigenvalue weighted by atomic mass is 35.5. The summed E-state index contributed by atoms with van der Waals surface area (Å²) < 4.78 is 5.44. The molecule has 5 heteroatoms. The van der Waals surface area contributed by atoms with Crippen LogP contribution in [-0.4, -0.2) is 24.2 Å². The van der Waals surface area contributed by atoms with E-state index in [4.69, 9.17) is 11.6 Å². The Labute approximate surface area is 137 Å². The Bertz CT molecular complexity index is 473. The van der Waals surface area contributed by atoms with E-state index >= 15 is 0 Å². The van der Waals surface area contributed by atoms with Crippen molar-refractivity contribution in [1.82, 2.24) is 9.03 Å². The van der Waals surface area contributed by atoms with Crippen LogP contribution in [0.3, 0.4) is 0 Å². The van der Waals surface area contributed by atoms with Gasteiger partial charge in [-0.25, -0.2) is 9.71 Å². The fourth-order valence-electron chi connectivity index (χ4n) is 2.58. The Morgan fingerprint density at radius 2 is 2.14 bits per heavy atom. The maximum atomic E-state index is 5.95. The van der Waals surface area contributed by atoms with Gasteiger partial charge in [-0.05, 0) is 49.4 Å². The maximum Gasteiger partial charge on any atom is 0.102 e. The molecule has 0 aromatic heterocycles. The summed E-state index contributed by atoms with van der Waals surface area (Å²) in [6.07, 6.45) is 8.78. The number of nitrogens with one attached hydrogen (secondary N) is 1. The number of benzene rings is 1. The fourth-order valence-corrected chi connectivity index (χ4v) is 3.41. The van der Waals surface area contributed by atoms with Gasteiger partial charge in [0.15, 0.2) is 0 Å². The van der Waals surface area contributed by atoms with Crippen molar-refractivity contribution in [2.75, 3.05) is 13.6 Å². The SMILES string of the molecule is Cc1cc(Cl)ccc1N=CN(C)SNCC1CCCCC1. The van der Waals surface area contributed by atoms with Gasteiger partial charge in [-0.3, -0.25) is 4.31 Å². The highest BCUT2D eigenvalue weighted by Crippen LogP contribution is 2.24. The molecule has 1 aliphatic carbocycles.